The fourth-order valence-electron chi connectivity index (χ4n) is 4.79. The number of amides is 2. The zero-order valence-electron chi connectivity index (χ0n) is 19.4. The first kappa shape index (κ1) is 24.3. The summed E-state index contributed by atoms with van der Waals surface area (Å²) in [4.78, 5) is 34.3. The molecule has 1 aromatic heterocycles. The number of halogens is 3. The minimum Gasteiger partial charge on any atom is -0.368 e. The van der Waals surface area contributed by atoms with Crippen molar-refractivity contribution in [1.82, 2.24) is 14.7 Å². The minimum absolute atomic E-state index is 0.0626. The molecule has 36 heavy (non-hydrogen) atoms. The monoisotopic (exact) mass is 528 g/mol. The van der Waals surface area contributed by atoms with E-state index in [1.807, 2.05) is 0 Å². The van der Waals surface area contributed by atoms with E-state index in [-0.39, 0.29) is 17.4 Å². The number of primary amides is 1. The standard InChI is InChI=1S/C25H23Cl2FN6O2/c1-14-22(25(36)33-10-8-32(9-11-33)17-5-3-16(28)4-6-17)23(15-2-7-18(26)19(27)12-15)34-21(30-14)13-20(31-34)24(29)35/h2-7,12-13,22-23H,8-11H2,1H3,(H2,29,35). The number of hydrogen-bond donors (Lipinski definition) is 1. The van der Waals surface area contributed by atoms with E-state index in [9.17, 15) is 14.0 Å². The van der Waals surface area contributed by atoms with Crippen LogP contribution in [0.5, 0.6) is 0 Å². The van der Waals surface area contributed by atoms with Gasteiger partial charge in [-0.25, -0.2) is 14.1 Å². The molecule has 5 rings (SSSR count). The predicted molar refractivity (Wildman–Crippen MR) is 137 cm³/mol. The molecule has 2 unspecified atom stereocenters. The third-order valence-corrected chi connectivity index (χ3v) is 7.36. The van der Waals surface area contributed by atoms with Gasteiger partial charge in [-0.05, 0) is 48.9 Å². The van der Waals surface area contributed by atoms with Gasteiger partial charge in [0.25, 0.3) is 5.91 Å². The third-order valence-electron chi connectivity index (χ3n) is 6.62. The average molecular weight is 529 g/mol. The highest BCUT2D eigenvalue weighted by atomic mass is 35.5. The maximum Gasteiger partial charge on any atom is 0.269 e. The first-order valence-corrected chi connectivity index (χ1v) is 12.2. The van der Waals surface area contributed by atoms with Gasteiger partial charge in [-0.3, -0.25) is 9.59 Å². The van der Waals surface area contributed by atoms with Crippen LogP contribution >= 0.6 is 23.2 Å². The molecule has 3 aromatic rings. The Hall–Kier alpha value is -3.43. The highest BCUT2D eigenvalue weighted by molar-refractivity contribution is 6.42. The van der Waals surface area contributed by atoms with Gasteiger partial charge >= 0.3 is 0 Å². The molecule has 0 radical (unpaired) electrons. The van der Waals surface area contributed by atoms with Crippen molar-refractivity contribution in [3.05, 3.63) is 75.7 Å². The Morgan fingerprint density at radius 1 is 1.00 bits per heavy atom. The van der Waals surface area contributed by atoms with Crippen molar-refractivity contribution in [2.45, 2.75) is 13.0 Å². The van der Waals surface area contributed by atoms with E-state index in [0.29, 0.717) is 53.3 Å². The first-order chi connectivity index (χ1) is 17.2. The summed E-state index contributed by atoms with van der Waals surface area (Å²) in [6.07, 6.45) is 0. The quantitative estimate of drug-likeness (QED) is 0.551. The number of fused-ring (bicyclic) bond motifs is 1. The van der Waals surface area contributed by atoms with Gasteiger partial charge in [-0.15, -0.1) is 0 Å². The molecular formula is C25H23Cl2FN6O2. The number of aromatic nitrogens is 2. The van der Waals surface area contributed by atoms with Crippen LogP contribution in [-0.2, 0) is 4.79 Å². The van der Waals surface area contributed by atoms with Gasteiger partial charge in [-0.2, -0.15) is 5.10 Å². The molecule has 0 spiro atoms. The van der Waals surface area contributed by atoms with E-state index in [2.05, 4.69) is 15.0 Å². The van der Waals surface area contributed by atoms with Crippen molar-refractivity contribution in [1.29, 1.82) is 0 Å². The van der Waals surface area contributed by atoms with Gasteiger partial charge in [0.2, 0.25) is 5.91 Å². The van der Waals surface area contributed by atoms with Crippen LogP contribution in [0, 0.1) is 11.7 Å². The number of carbonyl (C=O) groups is 2. The summed E-state index contributed by atoms with van der Waals surface area (Å²) in [6, 6.07) is 12.4. The molecule has 186 valence electrons. The molecule has 0 aliphatic carbocycles. The average Bonchev–Trinajstić information content (AvgIpc) is 3.29. The summed E-state index contributed by atoms with van der Waals surface area (Å²) >= 11 is 12.5. The molecule has 2 aliphatic heterocycles. The second-order valence-electron chi connectivity index (χ2n) is 8.83. The van der Waals surface area contributed by atoms with Gasteiger partial charge in [0.1, 0.15) is 11.7 Å². The Kier molecular flexibility index (Phi) is 6.44. The molecule has 3 heterocycles. The highest BCUT2D eigenvalue weighted by Gasteiger charge is 2.41. The summed E-state index contributed by atoms with van der Waals surface area (Å²) in [5.74, 6) is -1.31. The van der Waals surface area contributed by atoms with Crippen molar-refractivity contribution in [3.63, 3.8) is 0 Å². The lowest BCUT2D eigenvalue weighted by Crippen LogP contribution is -2.53. The van der Waals surface area contributed by atoms with Crippen molar-refractivity contribution in [2.24, 2.45) is 16.6 Å². The SMILES string of the molecule is CC1=Nc2cc(C(N)=O)nn2C(c2ccc(Cl)c(Cl)c2)C1C(=O)N1CCN(c2ccc(F)cc2)CC1. The Balaban J connectivity index is 1.46. The highest BCUT2D eigenvalue weighted by Crippen LogP contribution is 2.39. The number of piperazine rings is 1. The van der Waals surface area contributed by atoms with E-state index >= 15 is 0 Å². The lowest BCUT2D eigenvalue weighted by Gasteiger charge is -2.40. The van der Waals surface area contributed by atoms with Gasteiger partial charge < -0.3 is 15.5 Å². The van der Waals surface area contributed by atoms with E-state index in [0.717, 1.165) is 5.69 Å². The number of nitrogens with two attached hydrogens (primary N) is 1. The number of hydrogen-bond acceptors (Lipinski definition) is 5. The topological polar surface area (TPSA) is 96.8 Å². The second kappa shape index (κ2) is 9.55. The lowest BCUT2D eigenvalue weighted by atomic mass is 9.87. The molecule has 2 N–H and O–H groups in total. The zero-order valence-corrected chi connectivity index (χ0v) is 20.9. The van der Waals surface area contributed by atoms with E-state index in [1.165, 1.54) is 18.2 Å². The number of rotatable bonds is 4. The van der Waals surface area contributed by atoms with Crippen LogP contribution in [-0.4, -0.2) is 58.4 Å². The van der Waals surface area contributed by atoms with Crippen LogP contribution in [0.2, 0.25) is 10.0 Å². The molecule has 0 bridgehead atoms. The summed E-state index contributed by atoms with van der Waals surface area (Å²) < 4.78 is 14.9. The Morgan fingerprint density at radius 2 is 1.69 bits per heavy atom. The van der Waals surface area contributed by atoms with Crippen LogP contribution in [0.3, 0.4) is 0 Å². The van der Waals surface area contributed by atoms with Crippen LogP contribution in [0.4, 0.5) is 15.9 Å². The maximum absolute atomic E-state index is 13.9. The molecule has 1 saturated heterocycles. The number of nitrogens with zero attached hydrogens (tertiary/aromatic N) is 5. The summed E-state index contributed by atoms with van der Waals surface area (Å²) in [6.45, 7) is 3.99. The summed E-state index contributed by atoms with van der Waals surface area (Å²) in [7, 11) is 0. The van der Waals surface area contributed by atoms with Crippen LogP contribution < -0.4 is 10.6 Å². The summed E-state index contributed by atoms with van der Waals surface area (Å²) in [5.41, 5.74) is 7.75. The third kappa shape index (κ3) is 4.44. The molecular weight excluding hydrogens is 506 g/mol. The Labute approximate surface area is 217 Å². The minimum atomic E-state index is -0.683. The van der Waals surface area contributed by atoms with Crippen molar-refractivity contribution in [3.8, 4) is 0 Å². The fourth-order valence-corrected chi connectivity index (χ4v) is 5.10. The predicted octanol–water partition coefficient (Wildman–Crippen LogP) is 4.09. The number of anilines is 1. The molecule has 11 heteroatoms. The van der Waals surface area contributed by atoms with Crippen molar-refractivity contribution >= 4 is 52.2 Å². The van der Waals surface area contributed by atoms with Crippen molar-refractivity contribution in [2.75, 3.05) is 31.1 Å². The molecule has 2 amide bonds. The summed E-state index contributed by atoms with van der Waals surface area (Å²) in [5, 5.41) is 5.11. The maximum atomic E-state index is 13.9. The number of benzene rings is 2. The molecule has 2 aliphatic rings. The van der Waals surface area contributed by atoms with Crippen LogP contribution in [0.1, 0.15) is 29.0 Å². The number of carbonyl (C=O) groups excluding carboxylic acids is 2. The lowest BCUT2D eigenvalue weighted by molar-refractivity contribution is -0.134. The van der Waals surface area contributed by atoms with E-state index in [1.54, 1.807) is 46.8 Å². The first-order valence-electron chi connectivity index (χ1n) is 11.4. The second-order valence-corrected chi connectivity index (χ2v) is 9.65. The van der Waals surface area contributed by atoms with Crippen LogP contribution in [0.25, 0.3) is 0 Å². The normalized spacial score (nSPS) is 19.6. The van der Waals surface area contributed by atoms with E-state index in [4.69, 9.17) is 28.9 Å². The molecule has 8 nitrogen and oxygen atoms in total. The molecule has 2 aromatic carbocycles. The van der Waals surface area contributed by atoms with E-state index < -0.39 is 17.9 Å². The Morgan fingerprint density at radius 3 is 2.33 bits per heavy atom. The largest absolute Gasteiger partial charge is 0.368 e. The van der Waals surface area contributed by atoms with Crippen molar-refractivity contribution < 1.29 is 14.0 Å². The number of aliphatic imine (C=N–C) groups is 1. The fraction of sp³-hybridized carbons (Fsp3) is 0.280. The van der Waals surface area contributed by atoms with Gasteiger partial charge in [0.05, 0.1) is 16.1 Å². The van der Waals surface area contributed by atoms with Crippen LogP contribution in [0.15, 0.2) is 53.5 Å². The smallest absolute Gasteiger partial charge is 0.269 e. The van der Waals surface area contributed by atoms with Gasteiger partial charge in [0, 0.05) is 43.6 Å². The molecule has 1 fully saturated rings. The zero-order chi connectivity index (χ0) is 25.6. The van der Waals surface area contributed by atoms with Gasteiger partial charge in [-0.1, -0.05) is 29.3 Å². The molecule has 2 atom stereocenters. The van der Waals surface area contributed by atoms with Gasteiger partial charge in [0.15, 0.2) is 11.5 Å². The Bertz CT molecular complexity index is 1370. The molecule has 0 saturated carbocycles.